The maximum Gasteiger partial charge on any atom is 0.269 e. The third kappa shape index (κ3) is 3.22. The van der Waals surface area contributed by atoms with Crippen LogP contribution in [0, 0.1) is 10.1 Å². The molecule has 116 valence electrons. The predicted molar refractivity (Wildman–Crippen MR) is 75.1 cm³/mol. The zero-order valence-corrected chi connectivity index (χ0v) is 12.8. The van der Waals surface area contributed by atoms with Gasteiger partial charge in [0, 0.05) is 25.2 Å². The van der Waals surface area contributed by atoms with Crippen LogP contribution < -0.4 is 0 Å². The molecule has 1 fully saturated rings. The van der Waals surface area contributed by atoms with Crippen molar-refractivity contribution in [2.75, 3.05) is 18.6 Å². The Labute approximate surface area is 122 Å². The van der Waals surface area contributed by atoms with Gasteiger partial charge in [0.15, 0.2) is 9.84 Å². The van der Waals surface area contributed by atoms with Crippen LogP contribution >= 0.6 is 0 Å². The molecule has 8 nitrogen and oxygen atoms in total. The van der Waals surface area contributed by atoms with E-state index in [0.29, 0.717) is 0 Å². The van der Waals surface area contributed by atoms with Crippen LogP contribution in [0.1, 0.15) is 6.42 Å². The van der Waals surface area contributed by atoms with Crippen LogP contribution in [0.15, 0.2) is 29.2 Å². The number of hydrogen-bond donors (Lipinski definition) is 0. The lowest BCUT2D eigenvalue weighted by molar-refractivity contribution is -0.384. The number of nitrogens with zero attached hydrogens (tertiary/aromatic N) is 2. The summed E-state index contributed by atoms with van der Waals surface area (Å²) in [7, 11) is -5.74. The molecule has 0 amide bonds. The molecule has 0 spiro atoms. The van der Waals surface area contributed by atoms with Gasteiger partial charge in [0.2, 0.25) is 10.0 Å². The van der Waals surface area contributed by atoms with Crippen LogP contribution in [0.2, 0.25) is 0 Å². The maximum atomic E-state index is 12.4. The molecular formula is C11H14N2O6S2. The number of nitro groups is 1. The van der Waals surface area contributed by atoms with E-state index in [1.165, 1.54) is 7.05 Å². The van der Waals surface area contributed by atoms with Gasteiger partial charge in [-0.2, -0.15) is 4.31 Å². The highest BCUT2D eigenvalue weighted by Gasteiger charge is 2.36. The smallest absolute Gasteiger partial charge is 0.258 e. The normalized spacial score (nSPS) is 21.5. The second-order valence-corrected chi connectivity index (χ2v) is 9.06. The van der Waals surface area contributed by atoms with E-state index in [1.807, 2.05) is 0 Å². The Bertz CT molecular complexity index is 754. The molecule has 1 aliphatic heterocycles. The van der Waals surface area contributed by atoms with E-state index in [4.69, 9.17) is 0 Å². The Hall–Kier alpha value is -1.52. The standard InChI is InChI=1S/C11H14N2O6S2/c1-12(10-6-7-20(16,17)8-10)21(18,19)11-4-2-9(3-5-11)13(14)15/h2-5,10H,6-8H2,1H3/t10-/m1/s1. The topological polar surface area (TPSA) is 115 Å². The highest BCUT2D eigenvalue weighted by molar-refractivity contribution is 7.92. The molecule has 1 aliphatic rings. The van der Waals surface area contributed by atoms with Gasteiger partial charge >= 0.3 is 0 Å². The molecule has 1 atom stereocenters. The number of hydrogen-bond acceptors (Lipinski definition) is 6. The highest BCUT2D eigenvalue weighted by atomic mass is 32.2. The molecule has 2 rings (SSSR count). The van der Waals surface area contributed by atoms with Crippen molar-refractivity contribution in [1.82, 2.24) is 4.31 Å². The number of nitro benzene ring substituents is 1. The molecule has 1 saturated heterocycles. The molecule has 0 aromatic heterocycles. The average Bonchev–Trinajstić information content (AvgIpc) is 2.78. The largest absolute Gasteiger partial charge is 0.269 e. The van der Waals surface area contributed by atoms with E-state index in [2.05, 4.69) is 0 Å². The van der Waals surface area contributed by atoms with Gasteiger partial charge in [-0.3, -0.25) is 10.1 Å². The van der Waals surface area contributed by atoms with Gasteiger partial charge < -0.3 is 0 Å². The zero-order chi connectivity index (χ0) is 15.8. The molecule has 1 aromatic rings. The van der Waals surface area contributed by atoms with E-state index in [0.717, 1.165) is 28.6 Å². The highest BCUT2D eigenvalue weighted by Crippen LogP contribution is 2.24. The predicted octanol–water partition coefficient (Wildman–Crippen LogP) is 0.402. The van der Waals surface area contributed by atoms with Crippen LogP contribution in [-0.2, 0) is 19.9 Å². The second kappa shape index (κ2) is 5.35. The number of rotatable bonds is 4. The minimum absolute atomic E-state index is 0.0300. The maximum absolute atomic E-state index is 12.4. The van der Waals surface area contributed by atoms with Gasteiger partial charge in [-0.15, -0.1) is 0 Å². The lowest BCUT2D eigenvalue weighted by atomic mass is 10.3. The summed E-state index contributed by atoms with van der Waals surface area (Å²) in [6, 6.07) is 3.90. The first kappa shape index (κ1) is 15.9. The molecule has 0 N–H and O–H groups in total. The fourth-order valence-electron chi connectivity index (χ4n) is 2.16. The van der Waals surface area contributed by atoms with Crippen molar-refractivity contribution >= 4 is 25.5 Å². The summed E-state index contributed by atoms with van der Waals surface area (Å²) >= 11 is 0. The Morgan fingerprint density at radius 3 is 2.29 bits per heavy atom. The number of sulfonamides is 1. The van der Waals surface area contributed by atoms with Crippen molar-refractivity contribution in [1.29, 1.82) is 0 Å². The minimum Gasteiger partial charge on any atom is -0.258 e. The van der Waals surface area contributed by atoms with E-state index in [-0.39, 0.29) is 28.5 Å². The Morgan fingerprint density at radius 1 is 1.29 bits per heavy atom. The van der Waals surface area contributed by atoms with Crippen LogP contribution in [0.4, 0.5) is 5.69 Å². The summed E-state index contributed by atoms with van der Waals surface area (Å²) in [5, 5.41) is 10.6. The molecule has 0 bridgehead atoms. The van der Waals surface area contributed by atoms with Crippen molar-refractivity contribution in [2.24, 2.45) is 0 Å². The molecule has 0 unspecified atom stereocenters. The SMILES string of the molecule is CN([C@@H]1CCS(=O)(=O)C1)S(=O)(=O)c1ccc([N+](=O)[O-])cc1. The Kier molecular flexibility index (Phi) is 4.04. The molecule has 1 heterocycles. The lowest BCUT2D eigenvalue weighted by Gasteiger charge is -2.22. The summed E-state index contributed by atoms with van der Waals surface area (Å²) < 4.78 is 48.6. The summed E-state index contributed by atoms with van der Waals surface area (Å²) in [4.78, 5) is 9.84. The fourth-order valence-corrected chi connectivity index (χ4v) is 5.42. The lowest BCUT2D eigenvalue weighted by Crippen LogP contribution is -2.37. The van der Waals surface area contributed by atoms with Crippen LogP contribution in [0.25, 0.3) is 0 Å². The first-order chi connectivity index (χ1) is 9.63. The van der Waals surface area contributed by atoms with Crippen LogP contribution in [0.5, 0.6) is 0 Å². The van der Waals surface area contributed by atoms with Gasteiger partial charge in [0.25, 0.3) is 5.69 Å². The third-order valence-corrected chi connectivity index (χ3v) is 7.12. The zero-order valence-electron chi connectivity index (χ0n) is 11.2. The summed E-state index contributed by atoms with van der Waals surface area (Å²) in [6.07, 6.45) is 0.255. The second-order valence-electron chi connectivity index (χ2n) is 4.83. The van der Waals surface area contributed by atoms with Gasteiger partial charge in [0.05, 0.1) is 21.3 Å². The fraction of sp³-hybridized carbons (Fsp3) is 0.455. The third-order valence-electron chi connectivity index (χ3n) is 3.45. The van der Waals surface area contributed by atoms with Crippen molar-refractivity contribution in [3.63, 3.8) is 0 Å². The molecule has 0 aliphatic carbocycles. The van der Waals surface area contributed by atoms with Gasteiger partial charge in [-0.05, 0) is 18.6 Å². The number of non-ortho nitro benzene ring substituents is 1. The van der Waals surface area contributed by atoms with Crippen molar-refractivity contribution in [3.8, 4) is 0 Å². The monoisotopic (exact) mass is 334 g/mol. The average molecular weight is 334 g/mol. The Balaban J connectivity index is 2.27. The van der Waals surface area contributed by atoms with E-state index in [1.54, 1.807) is 0 Å². The number of benzene rings is 1. The summed E-state index contributed by atoms with van der Waals surface area (Å²) in [5.41, 5.74) is -0.208. The molecule has 0 saturated carbocycles. The number of sulfone groups is 1. The quantitative estimate of drug-likeness (QED) is 0.581. The molecule has 21 heavy (non-hydrogen) atoms. The van der Waals surface area contributed by atoms with Crippen LogP contribution in [-0.4, -0.2) is 50.7 Å². The first-order valence-corrected chi connectivity index (χ1v) is 9.32. The Morgan fingerprint density at radius 2 is 1.86 bits per heavy atom. The summed E-state index contributed by atoms with van der Waals surface area (Å²) in [5.74, 6) is -0.229. The van der Waals surface area contributed by atoms with Gasteiger partial charge in [-0.25, -0.2) is 16.8 Å². The van der Waals surface area contributed by atoms with E-state index >= 15 is 0 Å². The molecule has 1 aromatic carbocycles. The van der Waals surface area contributed by atoms with Gasteiger partial charge in [-0.1, -0.05) is 0 Å². The van der Waals surface area contributed by atoms with E-state index < -0.39 is 30.8 Å². The van der Waals surface area contributed by atoms with Crippen molar-refractivity contribution < 1.29 is 21.8 Å². The van der Waals surface area contributed by atoms with Crippen LogP contribution in [0.3, 0.4) is 0 Å². The van der Waals surface area contributed by atoms with E-state index in [9.17, 15) is 26.9 Å². The minimum atomic E-state index is -3.87. The van der Waals surface area contributed by atoms with Crippen molar-refractivity contribution in [3.05, 3.63) is 34.4 Å². The molecule has 10 heteroatoms. The first-order valence-electron chi connectivity index (χ1n) is 6.06. The molecule has 0 radical (unpaired) electrons. The van der Waals surface area contributed by atoms with Crippen molar-refractivity contribution in [2.45, 2.75) is 17.4 Å². The van der Waals surface area contributed by atoms with Gasteiger partial charge in [0.1, 0.15) is 0 Å². The summed E-state index contributed by atoms with van der Waals surface area (Å²) in [6.45, 7) is 0. The molecular weight excluding hydrogens is 320 g/mol.